The van der Waals surface area contributed by atoms with E-state index in [0.29, 0.717) is 23.4 Å². The molecule has 0 bridgehead atoms. The van der Waals surface area contributed by atoms with E-state index in [4.69, 9.17) is 0 Å². The van der Waals surface area contributed by atoms with Crippen LogP contribution < -0.4 is 5.32 Å². The molecule has 0 heterocycles. The van der Waals surface area contributed by atoms with Crippen molar-refractivity contribution in [2.45, 2.75) is 25.6 Å². The zero-order valence-corrected chi connectivity index (χ0v) is 15.8. The predicted octanol–water partition coefficient (Wildman–Crippen LogP) is 3.38. The first-order chi connectivity index (χ1) is 12.3. The molecule has 0 aromatic heterocycles. The van der Waals surface area contributed by atoms with Gasteiger partial charge in [0.15, 0.2) is 9.84 Å². The molecule has 6 nitrogen and oxygen atoms in total. The van der Waals surface area contributed by atoms with E-state index in [2.05, 4.69) is 5.32 Å². The first kappa shape index (κ1) is 19.8. The number of phenolic OH excluding ortho intramolecular Hbond substituents is 1. The van der Waals surface area contributed by atoms with Gasteiger partial charge in [-0.1, -0.05) is 43.3 Å². The molecule has 2 amide bonds. The number of para-hydroxylation sites is 2. The molecule has 2 rings (SSSR count). The third-order valence-electron chi connectivity index (χ3n) is 3.81. The maximum Gasteiger partial charge on any atom is 0.322 e. The largest absolute Gasteiger partial charge is 0.508 e. The fourth-order valence-corrected chi connectivity index (χ4v) is 3.43. The van der Waals surface area contributed by atoms with Crippen molar-refractivity contribution in [2.24, 2.45) is 0 Å². The zero-order chi connectivity index (χ0) is 19.2. The second-order valence-corrected chi connectivity index (χ2v) is 8.35. The SMILES string of the molecule is CCCN(Cc1ccccc1O)C(=O)Nc1ccccc1CS(C)(=O)=O. The molecule has 0 unspecified atom stereocenters. The van der Waals surface area contributed by atoms with E-state index < -0.39 is 9.84 Å². The third kappa shape index (κ3) is 5.77. The average Bonchev–Trinajstić information content (AvgIpc) is 2.57. The molecule has 0 aliphatic carbocycles. The van der Waals surface area contributed by atoms with Gasteiger partial charge < -0.3 is 15.3 Å². The molecule has 2 aromatic carbocycles. The van der Waals surface area contributed by atoms with Crippen molar-refractivity contribution in [2.75, 3.05) is 18.1 Å². The Morgan fingerprint density at radius 2 is 1.69 bits per heavy atom. The number of rotatable bonds is 7. The van der Waals surface area contributed by atoms with E-state index in [0.717, 1.165) is 12.7 Å². The quantitative estimate of drug-likeness (QED) is 0.775. The number of hydrogen-bond acceptors (Lipinski definition) is 4. The van der Waals surface area contributed by atoms with Crippen LogP contribution in [-0.4, -0.2) is 37.3 Å². The Hall–Kier alpha value is -2.54. The monoisotopic (exact) mass is 376 g/mol. The Kier molecular flexibility index (Phi) is 6.63. The minimum absolute atomic E-state index is 0.138. The average molecular weight is 376 g/mol. The predicted molar refractivity (Wildman–Crippen MR) is 103 cm³/mol. The van der Waals surface area contributed by atoms with Crippen LogP contribution in [0.15, 0.2) is 48.5 Å². The molecule has 0 fully saturated rings. The van der Waals surface area contributed by atoms with Gasteiger partial charge in [-0.05, 0) is 24.1 Å². The van der Waals surface area contributed by atoms with Crippen molar-refractivity contribution in [3.05, 3.63) is 59.7 Å². The minimum atomic E-state index is -3.22. The molecule has 0 aliphatic rings. The number of nitrogens with zero attached hydrogens (tertiary/aromatic N) is 1. The maximum atomic E-state index is 12.7. The molecule has 0 spiro atoms. The first-order valence-corrected chi connectivity index (χ1v) is 10.4. The Bertz CT molecular complexity index is 865. The van der Waals surface area contributed by atoms with Crippen LogP contribution in [0.25, 0.3) is 0 Å². The van der Waals surface area contributed by atoms with Crippen LogP contribution in [0.4, 0.5) is 10.5 Å². The van der Waals surface area contributed by atoms with Gasteiger partial charge in [-0.15, -0.1) is 0 Å². The second-order valence-electron chi connectivity index (χ2n) is 6.21. The molecule has 2 aromatic rings. The van der Waals surface area contributed by atoms with E-state index in [1.165, 1.54) is 0 Å². The number of benzene rings is 2. The highest BCUT2D eigenvalue weighted by molar-refractivity contribution is 7.89. The molecule has 7 heteroatoms. The number of amides is 2. The van der Waals surface area contributed by atoms with Gasteiger partial charge in [-0.25, -0.2) is 13.2 Å². The first-order valence-electron chi connectivity index (χ1n) is 8.38. The van der Waals surface area contributed by atoms with Crippen LogP contribution in [0.3, 0.4) is 0 Å². The second kappa shape index (κ2) is 8.71. The summed E-state index contributed by atoms with van der Waals surface area (Å²) in [5.74, 6) is -0.00431. The number of anilines is 1. The number of sulfone groups is 1. The molecule has 0 atom stereocenters. The van der Waals surface area contributed by atoms with Crippen LogP contribution in [-0.2, 0) is 22.1 Å². The van der Waals surface area contributed by atoms with E-state index in [9.17, 15) is 18.3 Å². The van der Waals surface area contributed by atoms with Gasteiger partial charge in [0.2, 0.25) is 0 Å². The number of aromatic hydroxyl groups is 1. The zero-order valence-electron chi connectivity index (χ0n) is 15.0. The van der Waals surface area contributed by atoms with Crippen LogP contribution in [0.2, 0.25) is 0 Å². The summed E-state index contributed by atoms with van der Waals surface area (Å²) in [6.07, 6.45) is 1.92. The van der Waals surface area contributed by atoms with Crippen LogP contribution in [0.1, 0.15) is 24.5 Å². The number of carbonyl (C=O) groups excluding carboxylic acids is 1. The topological polar surface area (TPSA) is 86.7 Å². The van der Waals surface area contributed by atoms with Crippen molar-refractivity contribution < 1.29 is 18.3 Å². The molecule has 0 saturated heterocycles. The summed E-state index contributed by atoms with van der Waals surface area (Å²) >= 11 is 0. The lowest BCUT2D eigenvalue weighted by molar-refractivity contribution is 0.208. The van der Waals surface area contributed by atoms with Crippen LogP contribution >= 0.6 is 0 Å². The molecule has 0 radical (unpaired) electrons. The van der Waals surface area contributed by atoms with E-state index in [1.807, 2.05) is 6.92 Å². The highest BCUT2D eigenvalue weighted by Gasteiger charge is 2.17. The van der Waals surface area contributed by atoms with Gasteiger partial charge in [0.25, 0.3) is 0 Å². The third-order valence-corrected chi connectivity index (χ3v) is 4.65. The van der Waals surface area contributed by atoms with Crippen molar-refractivity contribution in [3.63, 3.8) is 0 Å². The van der Waals surface area contributed by atoms with E-state index in [-0.39, 0.29) is 24.1 Å². The van der Waals surface area contributed by atoms with Crippen molar-refractivity contribution in [1.82, 2.24) is 4.90 Å². The normalized spacial score (nSPS) is 11.2. The van der Waals surface area contributed by atoms with Gasteiger partial charge in [-0.3, -0.25) is 0 Å². The summed E-state index contributed by atoms with van der Waals surface area (Å²) < 4.78 is 23.2. The van der Waals surface area contributed by atoms with E-state index >= 15 is 0 Å². The molecule has 140 valence electrons. The summed E-state index contributed by atoms with van der Waals surface area (Å²) in [6, 6.07) is 13.4. The summed E-state index contributed by atoms with van der Waals surface area (Å²) in [5.41, 5.74) is 1.67. The molecule has 0 saturated carbocycles. The molecule has 2 N–H and O–H groups in total. The summed E-state index contributed by atoms with van der Waals surface area (Å²) in [5, 5.41) is 12.7. The van der Waals surface area contributed by atoms with Crippen molar-refractivity contribution in [3.8, 4) is 5.75 Å². The fourth-order valence-electron chi connectivity index (χ4n) is 2.62. The Morgan fingerprint density at radius 1 is 1.08 bits per heavy atom. The van der Waals surface area contributed by atoms with Gasteiger partial charge in [0.05, 0.1) is 12.3 Å². The van der Waals surface area contributed by atoms with Crippen LogP contribution in [0.5, 0.6) is 5.75 Å². The number of urea groups is 1. The summed E-state index contributed by atoms with van der Waals surface area (Å²) in [7, 11) is -3.22. The lowest BCUT2D eigenvalue weighted by Gasteiger charge is -2.24. The van der Waals surface area contributed by atoms with Crippen molar-refractivity contribution in [1.29, 1.82) is 0 Å². The highest BCUT2D eigenvalue weighted by Crippen LogP contribution is 2.21. The highest BCUT2D eigenvalue weighted by atomic mass is 32.2. The number of carbonyl (C=O) groups is 1. The minimum Gasteiger partial charge on any atom is -0.508 e. The standard InChI is InChI=1S/C19H24N2O4S/c1-3-12-21(13-15-8-5-7-11-18(15)22)19(23)20-17-10-6-4-9-16(17)14-26(2,24)25/h4-11,22H,3,12-14H2,1-2H3,(H,20,23). The summed E-state index contributed by atoms with van der Waals surface area (Å²) in [4.78, 5) is 14.3. The number of phenols is 1. The Morgan fingerprint density at radius 3 is 2.31 bits per heavy atom. The number of hydrogen-bond donors (Lipinski definition) is 2. The Labute approximate surface area is 154 Å². The van der Waals surface area contributed by atoms with Gasteiger partial charge in [-0.2, -0.15) is 0 Å². The van der Waals surface area contributed by atoms with E-state index in [1.54, 1.807) is 53.4 Å². The van der Waals surface area contributed by atoms with Crippen LogP contribution in [0, 0.1) is 0 Å². The number of nitrogens with one attached hydrogen (secondary N) is 1. The van der Waals surface area contributed by atoms with Gasteiger partial charge in [0, 0.05) is 24.1 Å². The molecule has 26 heavy (non-hydrogen) atoms. The smallest absolute Gasteiger partial charge is 0.322 e. The fraction of sp³-hybridized carbons (Fsp3) is 0.316. The van der Waals surface area contributed by atoms with Gasteiger partial charge >= 0.3 is 6.03 Å². The molecule has 0 aliphatic heterocycles. The molecular weight excluding hydrogens is 352 g/mol. The van der Waals surface area contributed by atoms with Gasteiger partial charge in [0.1, 0.15) is 5.75 Å². The lowest BCUT2D eigenvalue weighted by atomic mass is 10.2. The van der Waals surface area contributed by atoms with Crippen molar-refractivity contribution >= 4 is 21.6 Å². The molecular formula is C19H24N2O4S. The Balaban J connectivity index is 2.19. The summed E-state index contributed by atoms with van der Waals surface area (Å²) in [6.45, 7) is 2.73. The maximum absolute atomic E-state index is 12.7. The lowest BCUT2D eigenvalue weighted by Crippen LogP contribution is -2.35.